The van der Waals surface area contributed by atoms with Gasteiger partial charge >= 0.3 is 0 Å². The van der Waals surface area contributed by atoms with E-state index in [1.54, 1.807) is 0 Å². The molecule has 1 aliphatic heterocycles. The predicted molar refractivity (Wildman–Crippen MR) is 80.0 cm³/mol. The molecule has 1 aromatic rings. The van der Waals surface area contributed by atoms with E-state index in [4.69, 9.17) is 0 Å². The molecule has 106 valence electrons. The molecule has 1 fully saturated rings. The summed E-state index contributed by atoms with van der Waals surface area (Å²) in [6.45, 7) is 10.1. The lowest BCUT2D eigenvalue weighted by Crippen LogP contribution is -2.57. The van der Waals surface area contributed by atoms with Crippen LogP contribution in [0.3, 0.4) is 0 Å². The molecule has 0 radical (unpaired) electrons. The minimum absolute atomic E-state index is 0.622. The Hall–Kier alpha value is -0.930. The van der Waals surface area contributed by atoms with Crippen LogP contribution in [-0.2, 0) is 6.54 Å². The van der Waals surface area contributed by atoms with Crippen LogP contribution in [-0.4, -0.2) is 35.1 Å². The molecule has 1 aromatic heterocycles. The normalized spacial score (nSPS) is 26.3. The third-order valence-corrected chi connectivity index (χ3v) is 4.46. The summed E-state index contributed by atoms with van der Waals surface area (Å²) < 4.78 is 0. The zero-order chi connectivity index (χ0) is 13.7. The monoisotopic (exact) mass is 261 g/mol. The molecule has 3 unspecified atom stereocenters. The Bertz CT molecular complexity index is 366. The summed E-state index contributed by atoms with van der Waals surface area (Å²) in [5.74, 6) is 0.740. The molecule has 0 bridgehead atoms. The van der Waals surface area contributed by atoms with Crippen molar-refractivity contribution in [1.29, 1.82) is 0 Å². The van der Waals surface area contributed by atoms with Crippen molar-refractivity contribution in [2.24, 2.45) is 5.92 Å². The third kappa shape index (κ3) is 3.77. The van der Waals surface area contributed by atoms with Crippen molar-refractivity contribution in [2.45, 2.75) is 52.2 Å². The van der Waals surface area contributed by atoms with Gasteiger partial charge in [0.1, 0.15) is 0 Å². The summed E-state index contributed by atoms with van der Waals surface area (Å²) in [6, 6.07) is 7.46. The standard InChI is InChI=1S/C16H27N3/c1-4-13(3)16-12-19(15(5-2)10-18-16)11-14-8-6-7-9-17-14/h6-9,13,15-16,18H,4-5,10-12H2,1-3H3. The maximum atomic E-state index is 4.47. The van der Waals surface area contributed by atoms with E-state index in [2.05, 4.69) is 48.1 Å². The smallest absolute Gasteiger partial charge is 0.0544 e. The van der Waals surface area contributed by atoms with Gasteiger partial charge in [-0.05, 0) is 24.5 Å². The Balaban J connectivity index is 2.01. The van der Waals surface area contributed by atoms with Crippen molar-refractivity contribution in [3.63, 3.8) is 0 Å². The lowest BCUT2D eigenvalue weighted by Gasteiger charge is -2.42. The number of nitrogens with zero attached hydrogens (tertiary/aromatic N) is 2. The molecule has 0 saturated carbocycles. The molecule has 3 atom stereocenters. The number of nitrogens with one attached hydrogen (secondary N) is 1. The van der Waals surface area contributed by atoms with Gasteiger partial charge in [-0.3, -0.25) is 9.88 Å². The molecule has 0 aromatic carbocycles. The molecule has 3 nitrogen and oxygen atoms in total. The molecule has 1 saturated heterocycles. The molecule has 0 spiro atoms. The Morgan fingerprint density at radius 2 is 2.26 bits per heavy atom. The van der Waals surface area contributed by atoms with Crippen LogP contribution < -0.4 is 5.32 Å². The van der Waals surface area contributed by atoms with E-state index in [9.17, 15) is 0 Å². The third-order valence-electron chi connectivity index (χ3n) is 4.46. The highest BCUT2D eigenvalue weighted by atomic mass is 15.2. The first-order valence-corrected chi connectivity index (χ1v) is 7.61. The van der Waals surface area contributed by atoms with E-state index in [1.807, 2.05) is 12.3 Å². The molecular formula is C16H27N3. The summed E-state index contributed by atoms with van der Waals surface area (Å²) in [5, 5.41) is 3.72. The number of hydrogen-bond donors (Lipinski definition) is 1. The number of pyridine rings is 1. The van der Waals surface area contributed by atoms with Crippen molar-refractivity contribution in [3.05, 3.63) is 30.1 Å². The van der Waals surface area contributed by atoms with Crippen LogP contribution in [0.15, 0.2) is 24.4 Å². The van der Waals surface area contributed by atoms with Gasteiger partial charge in [-0.1, -0.05) is 33.3 Å². The largest absolute Gasteiger partial charge is 0.311 e. The number of rotatable bonds is 5. The van der Waals surface area contributed by atoms with E-state index in [0.717, 1.165) is 25.6 Å². The summed E-state index contributed by atoms with van der Waals surface area (Å²) in [7, 11) is 0. The van der Waals surface area contributed by atoms with Gasteiger partial charge in [-0.25, -0.2) is 0 Å². The van der Waals surface area contributed by atoms with Crippen LogP contribution in [0.5, 0.6) is 0 Å². The van der Waals surface area contributed by atoms with Gasteiger partial charge < -0.3 is 5.32 Å². The average molecular weight is 261 g/mol. The molecule has 2 rings (SSSR count). The minimum atomic E-state index is 0.622. The first-order valence-electron chi connectivity index (χ1n) is 7.61. The van der Waals surface area contributed by atoms with Crippen LogP contribution in [0.2, 0.25) is 0 Å². The van der Waals surface area contributed by atoms with Crippen molar-refractivity contribution < 1.29 is 0 Å². The molecular weight excluding hydrogens is 234 g/mol. The Morgan fingerprint density at radius 1 is 1.42 bits per heavy atom. The second-order valence-corrected chi connectivity index (χ2v) is 5.71. The number of piperazine rings is 1. The van der Waals surface area contributed by atoms with Gasteiger partial charge in [0.05, 0.1) is 5.69 Å². The van der Waals surface area contributed by atoms with Crippen LogP contribution in [0.25, 0.3) is 0 Å². The molecule has 1 aliphatic rings. The molecule has 0 amide bonds. The van der Waals surface area contributed by atoms with Gasteiger partial charge in [0.15, 0.2) is 0 Å². The number of hydrogen-bond acceptors (Lipinski definition) is 3. The SMILES string of the molecule is CCC(C)C1CN(Cc2ccccn2)C(CC)CN1. The Labute approximate surface area is 117 Å². The van der Waals surface area contributed by atoms with Gasteiger partial charge in [-0.2, -0.15) is 0 Å². The summed E-state index contributed by atoms with van der Waals surface area (Å²) in [4.78, 5) is 7.08. The van der Waals surface area contributed by atoms with Crippen molar-refractivity contribution in [3.8, 4) is 0 Å². The minimum Gasteiger partial charge on any atom is -0.311 e. The maximum Gasteiger partial charge on any atom is 0.0544 e. The maximum absolute atomic E-state index is 4.47. The second kappa shape index (κ2) is 7.01. The van der Waals surface area contributed by atoms with E-state index >= 15 is 0 Å². The zero-order valence-electron chi connectivity index (χ0n) is 12.5. The Morgan fingerprint density at radius 3 is 2.89 bits per heavy atom. The summed E-state index contributed by atoms with van der Waals surface area (Å²) in [5.41, 5.74) is 1.19. The lowest BCUT2D eigenvalue weighted by molar-refractivity contribution is 0.0981. The fraction of sp³-hybridized carbons (Fsp3) is 0.688. The first kappa shape index (κ1) is 14.5. The molecule has 1 N–H and O–H groups in total. The van der Waals surface area contributed by atoms with Crippen molar-refractivity contribution in [2.75, 3.05) is 13.1 Å². The van der Waals surface area contributed by atoms with Gasteiger partial charge in [0.2, 0.25) is 0 Å². The lowest BCUT2D eigenvalue weighted by atomic mass is 9.94. The van der Waals surface area contributed by atoms with Gasteiger partial charge in [0, 0.05) is 37.9 Å². The highest BCUT2D eigenvalue weighted by molar-refractivity contribution is 5.04. The fourth-order valence-electron chi connectivity index (χ4n) is 2.84. The predicted octanol–water partition coefficient (Wildman–Crippen LogP) is 2.68. The average Bonchev–Trinajstić information content (AvgIpc) is 2.47. The molecule has 2 heterocycles. The summed E-state index contributed by atoms with van der Waals surface area (Å²) in [6.07, 6.45) is 4.34. The van der Waals surface area contributed by atoms with Crippen LogP contribution in [0.1, 0.15) is 39.3 Å². The quantitative estimate of drug-likeness (QED) is 0.883. The van der Waals surface area contributed by atoms with Gasteiger partial charge in [-0.15, -0.1) is 0 Å². The zero-order valence-corrected chi connectivity index (χ0v) is 12.5. The molecule has 3 heteroatoms. The number of aromatic nitrogens is 1. The highest BCUT2D eigenvalue weighted by Crippen LogP contribution is 2.18. The Kier molecular flexibility index (Phi) is 5.34. The van der Waals surface area contributed by atoms with E-state index in [-0.39, 0.29) is 0 Å². The molecule has 0 aliphatic carbocycles. The summed E-state index contributed by atoms with van der Waals surface area (Å²) >= 11 is 0. The fourth-order valence-corrected chi connectivity index (χ4v) is 2.84. The van der Waals surface area contributed by atoms with E-state index < -0.39 is 0 Å². The molecule has 19 heavy (non-hydrogen) atoms. The van der Waals surface area contributed by atoms with Gasteiger partial charge in [0.25, 0.3) is 0 Å². The van der Waals surface area contributed by atoms with Crippen LogP contribution >= 0.6 is 0 Å². The first-order chi connectivity index (χ1) is 9.24. The van der Waals surface area contributed by atoms with Crippen LogP contribution in [0, 0.1) is 5.92 Å². The van der Waals surface area contributed by atoms with Crippen LogP contribution in [0.4, 0.5) is 0 Å². The van der Waals surface area contributed by atoms with Crippen molar-refractivity contribution in [1.82, 2.24) is 15.2 Å². The topological polar surface area (TPSA) is 28.2 Å². The van der Waals surface area contributed by atoms with E-state index in [1.165, 1.54) is 18.5 Å². The highest BCUT2D eigenvalue weighted by Gasteiger charge is 2.29. The van der Waals surface area contributed by atoms with E-state index in [0.29, 0.717) is 12.1 Å². The second-order valence-electron chi connectivity index (χ2n) is 5.71. The van der Waals surface area contributed by atoms with Crippen molar-refractivity contribution >= 4 is 0 Å².